The Kier molecular flexibility index (Phi) is 12.5. The number of aryl methyl sites for hydroxylation is 4. The molecule has 0 aromatic heterocycles. The number of carbonyl (C=O) groups excluding carboxylic acids is 1. The summed E-state index contributed by atoms with van der Waals surface area (Å²) in [6.45, 7) is 3.99. The predicted molar refractivity (Wildman–Crippen MR) is 182 cm³/mol. The summed E-state index contributed by atoms with van der Waals surface area (Å²) in [7, 11) is 1.74. The minimum Gasteiger partial charge on any atom is -0.468 e. The molecule has 1 saturated carbocycles. The van der Waals surface area contributed by atoms with E-state index >= 15 is 0 Å². The van der Waals surface area contributed by atoms with Crippen molar-refractivity contribution in [2.75, 3.05) is 20.3 Å². The standard InChI is InChI=1S/C41H54O3/c1-3-4-5-6-31-9-16-36(17-10-31)37-18-11-32(12-19-37)7-8-34-15-22-41-27-40(24-23-39(41)26-34)38-20-13-33(14-21-38)25-35(28-43-2)29-44-30-42/h9-12,15-19,22,26,30,33,35,38,40H,3-8,13-14,20-21,23-25,27-29H2,1-2H3. The van der Waals surface area contributed by atoms with Crippen LogP contribution in [-0.4, -0.2) is 26.8 Å². The third-order valence-electron chi connectivity index (χ3n) is 10.6. The van der Waals surface area contributed by atoms with E-state index in [9.17, 15) is 4.79 Å². The molecule has 0 saturated heterocycles. The third-order valence-corrected chi connectivity index (χ3v) is 10.6. The minimum atomic E-state index is 0.324. The molecule has 0 radical (unpaired) electrons. The van der Waals surface area contributed by atoms with Gasteiger partial charge in [-0.3, -0.25) is 4.79 Å². The van der Waals surface area contributed by atoms with E-state index in [1.54, 1.807) is 18.2 Å². The van der Waals surface area contributed by atoms with Gasteiger partial charge < -0.3 is 9.47 Å². The van der Waals surface area contributed by atoms with Crippen LogP contribution in [-0.2, 0) is 46.4 Å². The minimum absolute atomic E-state index is 0.324. The molecule has 5 rings (SSSR count). The summed E-state index contributed by atoms with van der Waals surface area (Å²) in [6, 6.07) is 25.7. The van der Waals surface area contributed by atoms with E-state index in [1.807, 2.05) is 0 Å². The Balaban J connectivity index is 1.07. The molecule has 2 atom stereocenters. The molecule has 0 aliphatic heterocycles. The molecule has 0 heterocycles. The second kappa shape index (κ2) is 17.0. The van der Waals surface area contributed by atoms with E-state index in [1.165, 1.54) is 98.4 Å². The summed E-state index contributed by atoms with van der Waals surface area (Å²) in [5.74, 6) is 2.75. The molecule has 44 heavy (non-hydrogen) atoms. The highest BCUT2D eigenvalue weighted by atomic mass is 16.5. The Bertz CT molecular complexity index is 1270. The average Bonchev–Trinajstić information content (AvgIpc) is 3.07. The lowest BCUT2D eigenvalue weighted by molar-refractivity contribution is -0.130. The zero-order chi connectivity index (χ0) is 30.6. The number of methoxy groups -OCH3 is 1. The van der Waals surface area contributed by atoms with E-state index < -0.39 is 0 Å². The van der Waals surface area contributed by atoms with Gasteiger partial charge in [-0.2, -0.15) is 0 Å². The first kappa shape index (κ1) is 32.5. The number of ether oxygens (including phenoxy) is 2. The number of hydrogen-bond acceptors (Lipinski definition) is 3. The summed E-state index contributed by atoms with van der Waals surface area (Å²) >= 11 is 0. The van der Waals surface area contributed by atoms with E-state index in [0.29, 0.717) is 25.6 Å². The Hall–Kier alpha value is -2.91. The summed E-state index contributed by atoms with van der Waals surface area (Å²) < 4.78 is 10.4. The van der Waals surface area contributed by atoms with Gasteiger partial charge >= 0.3 is 0 Å². The van der Waals surface area contributed by atoms with Crippen molar-refractivity contribution in [1.29, 1.82) is 0 Å². The molecule has 3 aromatic carbocycles. The highest BCUT2D eigenvalue weighted by molar-refractivity contribution is 5.64. The molecule has 3 aromatic rings. The van der Waals surface area contributed by atoms with Crippen LogP contribution in [0.2, 0.25) is 0 Å². The van der Waals surface area contributed by atoms with Gasteiger partial charge in [0.2, 0.25) is 0 Å². The van der Waals surface area contributed by atoms with Crippen molar-refractivity contribution in [2.24, 2.45) is 23.7 Å². The number of carbonyl (C=O) groups is 1. The van der Waals surface area contributed by atoms with Crippen LogP contribution in [0.4, 0.5) is 0 Å². The van der Waals surface area contributed by atoms with Gasteiger partial charge in [-0.05, 0) is 121 Å². The lowest BCUT2D eigenvalue weighted by Crippen LogP contribution is -2.28. The summed E-state index contributed by atoms with van der Waals surface area (Å²) in [6.07, 6.45) is 17.5. The van der Waals surface area contributed by atoms with Gasteiger partial charge in [0.05, 0.1) is 13.2 Å². The summed E-state index contributed by atoms with van der Waals surface area (Å²) in [5, 5.41) is 0. The van der Waals surface area contributed by atoms with Crippen LogP contribution in [0.5, 0.6) is 0 Å². The van der Waals surface area contributed by atoms with Crippen molar-refractivity contribution >= 4 is 6.47 Å². The molecule has 0 bridgehead atoms. The van der Waals surface area contributed by atoms with Crippen LogP contribution in [0.1, 0.15) is 92.5 Å². The smallest absolute Gasteiger partial charge is 0.293 e. The van der Waals surface area contributed by atoms with E-state index in [0.717, 1.165) is 37.0 Å². The zero-order valence-corrected chi connectivity index (χ0v) is 27.3. The van der Waals surface area contributed by atoms with Crippen LogP contribution in [0.25, 0.3) is 11.1 Å². The fraction of sp³-hybridized carbons (Fsp3) is 0.537. The highest BCUT2D eigenvalue weighted by Gasteiger charge is 2.31. The van der Waals surface area contributed by atoms with Crippen LogP contribution in [0.15, 0.2) is 66.7 Å². The van der Waals surface area contributed by atoms with Gasteiger partial charge in [0.15, 0.2) is 0 Å². The van der Waals surface area contributed by atoms with Crippen molar-refractivity contribution < 1.29 is 14.3 Å². The Morgan fingerprint density at radius 2 is 1.39 bits per heavy atom. The fourth-order valence-corrected chi connectivity index (χ4v) is 7.95. The maximum Gasteiger partial charge on any atom is 0.293 e. The summed E-state index contributed by atoms with van der Waals surface area (Å²) in [4.78, 5) is 10.6. The second-order valence-corrected chi connectivity index (χ2v) is 13.7. The molecule has 3 nitrogen and oxygen atoms in total. The largest absolute Gasteiger partial charge is 0.468 e. The number of hydrogen-bond donors (Lipinski definition) is 0. The van der Waals surface area contributed by atoms with Crippen LogP contribution >= 0.6 is 0 Å². The van der Waals surface area contributed by atoms with E-state index in [2.05, 4.69) is 73.7 Å². The maximum atomic E-state index is 10.6. The third kappa shape index (κ3) is 9.30. The van der Waals surface area contributed by atoms with Crippen LogP contribution < -0.4 is 0 Å². The average molecular weight is 595 g/mol. The molecule has 2 unspecified atom stereocenters. The lowest BCUT2D eigenvalue weighted by Gasteiger charge is -2.37. The van der Waals surface area contributed by atoms with Crippen LogP contribution in [0, 0.1) is 23.7 Å². The SMILES string of the molecule is CCCCCc1ccc(-c2ccc(CCc3ccc4c(c3)CCC(C3CCC(CC(COC)COC=O)CC3)C4)cc2)cc1. The zero-order valence-electron chi connectivity index (χ0n) is 27.3. The Morgan fingerprint density at radius 3 is 2.05 bits per heavy atom. The fourth-order valence-electron chi connectivity index (χ4n) is 7.95. The van der Waals surface area contributed by atoms with Gasteiger partial charge in [0, 0.05) is 13.0 Å². The quantitative estimate of drug-likeness (QED) is 0.122. The van der Waals surface area contributed by atoms with Crippen LogP contribution in [0.3, 0.4) is 0 Å². The number of rotatable bonds is 16. The molecule has 0 N–H and O–H groups in total. The molecular weight excluding hydrogens is 540 g/mol. The first-order valence-electron chi connectivity index (χ1n) is 17.5. The topological polar surface area (TPSA) is 35.5 Å². The molecule has 0 spiro atoms. The number of fused-ring (bicyclic) bond motifs is 1. The molecule has 3 heteroatoms. The van der Waals surface area contributed by atoms with Crippen molar-refractivity contribution in [2.45, 2.75) is 96.8 Å². The van der Waals surface area contributed by atoms with Crippen molar-refractivity contribution in [1.82, 2.24) is 0 Å². The molecular formula is C41H54O3. The monoisotopic (exact) mass is 594 g/mol. The molecule has 1 fully saturated rings. The second-order valence-electron chi connectivity index (χ2n) is 13.7. The predicted octanol–water partition coefficient (Wildman–Crippen LogP) is 9.61. The van der Waals surface area contributed by atoms with E-state index in [4.69, 9.17) is 9.47 Å². The lowest BCUT2D eigenvalue weighted by atomic mass is 9.68. The van der Waals surface area contributed by atoms with Crippen molar-refractivity contribution in [3.63, 3.8) is 0 Å². The van der Waals surface area contributed by atoms with Gasteiger partial charge in [0.1, 0.15) is 0 Å². The van der Waals surface area contributed by atoms with Gasteiger partial charge in [-0.1, -0.05) is 99.3 Å². The Labute approximate surface area is 266 Å². The summed E-state index contributed by atoms with van der Waals surface area (Å²) in [5.41, 5.74) is 10.2. The molecule has 2 aliphatic carbocycles. The van der Waals surface area contributed by atoms with E-state index in [-0.39, 0.29) is 0 Å². The number of benzene rings is 3. The van der Waals surface area contributed by atoms with Crippen molar-refractivity contribution in [3.8, 4) is 11.1 Å². The maximum absolute atomic E-state index is 10.6. The van der Waals surface area contributed by atoms with Gasteiger partial charge in [-0.15, -0.1) is 0 Å². The molecule has 2 aliphatic rings. The van der Waals surface area contributed by atoms with Gasteiger partial charge in [0.25, 0.3) is 6.47 Å². The van der Waals surface area contributed by atoms with Gasteiger partial charge in [-0.25, -0.2) is 0 Å². The molecule has 0 amide bonds. The highest BCUT2D eigenvalue weighted by Crippen LogP contribution is 2.41. The first-order valence-corrected chi connectivity index (χ1v) is 17.5. The number of unbranched alkanes of at least 4 members (excludes halogenated alkanes) is 2. The first-order chi connectivity index (χ1) is 21.6. The normalized spacial score (nSPS) is 20.5. The Morgan fingerprint density at radius 1 is 0.727 bits per heavy atom. The van der Waals surface area contributed by atoms with Crippen molar-refractivity contribution in [3.05, 3.63) is 94.5 Å². The molecule has 236 valence electrons.